The first-order valence-electron chi connectivity index (χ1n) is 11.5. The second-order valence-corrected chi connectivity index (χ2v) is 14.4. The molecule has 1 atom stereocenters. The van der Waals surface area contributed by atoms with E-state index in [4.69, 9.17) is 0 Å². The molecule has 0 amide bonds. The van der Waals surface area contributed by atoms with Crippen molar-refractivity contribution in [2.45, 2.75) is 32.5 Å². The van der Waals surface area contributed by atoms with Gasteiger partial charge in [-0.3, -0.25) is 0 Å². The minimum absolute atomic E-state index is 0. The van der Waals surface area contributed by atoms with E-state index in [9.17, 15) is 0 Å². The molecule has 0 spiro atoms. The number of aryl methyl sites for hydroxylation is 1. The van der Waals surface area contributed by atoms with Crippen molar-refractivity contribution < 1.29 is 51.0 Å². The molecule has 2 bridgehead atoms. The van der Waals surface area contributed by atoms with E-state index in [1.165, 1.54) is 38.4 Å². The normalized spacial score (nSPS) is 16.3. The summed E-state index contributed by atoms with van der Waals surface area (Å²) in [5.41, 5.74) is 8.13. The Hall–Kier alpha value is -1.77. The van der Waals surface area contributed by atoms with Crippen LogP contribution in [-0.4, -0.2) is 12.6 Å². The average molecular weight is 593 g/mol. The molecule has 0 N–H and O–H groups in total. The maximum atomic E-state index is 2.51. The van der Waals surface area contributed by atoms with Gasteiger partial charge in [-0.05, 0) is 36.1 Å². The molecule has 1 radical (unpaired) electrons. The van der Waals surface area contributed by atoms with Crippen LogP contribution in [0.4, 0.5) is 0 Å². The number of nitrogens with zero attached hydrogens (tertiary/aromatic N) is 1. The molecule has 1 unspecified atom stereocenters. The summed E-state index contributed by atoms with van der Waals surface area (Å²) in [6.07, 6.45) is 2.24. The number of para-hydroxylation sites is 1. The van der Waals surface area contributed by atoms with E-state index in [1.54, 1.807) is 16.5 Å². The van der Waals surface area contributed by atoms with Gasteiger partial charge >= 0.3 is 26.2 Å². The zero-order valence-corrected chi connectivity index (χ0v) is 25.4. The van der Waals surface area contributed by atoms with E-state index in [1.807, 2.05) is 0 Å². The number of hydrogen-bond acceptors (Lipinski definition) is 0. The molecule has 3 heterocycles. The largest absolute Gasteiger partial charge is 3.00 e. The molecule has 5 heteroatoms. The molecule has 2 aliphatic heterocycles. The Labute approximate surface area is 240 Å². The molecular formula is C30H28Cl2NSiZr. The van der Waals surface area contributed by atoms with Gasteiger partial charge in [-0.2, -0.15) is 6.07 Å². The average Bonchev–Trinajstić information content (AvgIpc) is 3.50. The number of hydrogen-bond donors (Lipinski definition) is 0. The molecule has 175 valence electrons. The van der Waals surface area contributed by atoms with Crippen molar-refractivity contribution in [3.05, 3.63) is 114 Å². The summed E-state index contributed by atoms with van der Waals surface area (Å²) >= 11 is 0. The molecule has 8 rings (SSSR count). The minimum Gasteiger partial charge on any atom is -1.00 e. The van der Waals surface area contributed by atoms with Crippen LogP contribution in [0, 0.1) is 6.92 Å². The number of rotatable bonds is 1. The van der Waals surface area contributed by atoms with Crippen LogP contribution in [-0.2, 0) is 26.2 Å². The van der Waals surface area contributed by atoms with Crippen LogP contribution in [0.5, 0.6) is 0 Å². The first kappa shape index (κ1) is 27.8. The Bertz CT molecular complexity index is 1530. The van der Waals surface area contributed by atoms with Crippen molar-refractivity contribution in [3.8, 4) is 5.69 Å². The van der Waals surface area contributed by atoms with Gasteiger partial charge in [-0.25, -0.2) is 0 Å². The van der Waals surface area contributed by atoms with Crippen LogP contribution in [0.25, 0.3) is 32.4 Å². The van der Waals surface area contributed by atoms with Gasteiger partial charge in [0.1, 0.15) is 0 Å². The van der Waals surface area contributed by atoms with Gasteiger partial charge in [-0.1, -0.05) is 84.7 Å². The number of allylic oxidation sites excluding steroid dienone is 1. The molecule has 0 fully saturated rings. The van der Waals surface area contributed by atoms with Crippen molar-refractivity contribution in [1.82, 2.24) is 4.57 Å². The van der Waals surface area contributed by atoms with Crippen LogP contribution in [0.15, 0.2) is 96.7 Å². The van der Waals surface area contributed by atoms with E-state index in [0.29, 0.717) is 0 Å². The van der Waals surface area contributed by atoms with Crippen molar-refractivity contribution >= 4 is 34.8 Å². The second kappa shape index (κ2) is 10.3. The molecule has 4 aromatic carbocycles. The molecule has 5 aromatic rings. The summed E-state index contributed by atoms with van der Waals surface area (Å²) < 4.78 is 2.40. The van der Waals surface area contributed by atoms with Crippen LogP contribution in [0.3, 0.4) is 0 Å². The van der Waals surface area contributed by atoms with E-state index in [-0.39, 0.29) is 51.0 Å². The standard InChI is InChI=1S/C16H17NSi.C14H11.2ClH.Zr/c1-11-15-13-9-10-17(12-7-5-4-6-8-12)14(13)16(11)18(15,2)3;1-10-8-12-7-6-11-4-2-3-5-13(11)14(12)9-10;;;/h4-10,16H,1-3H3;2-9H,1H3;2*1H;/q;-1;;;+3/p-2. The third-order valence-electron chi connectivity index (χ3n) is 7.46. The van der Waals surface area contributed by atoms with E-state index in [0.717, 1.165) is 5.54 Å². The third kappa shape index (κ3) is 4.25. The Kier molecular flexibility index (Phi) is 8.19. The fraction of sp³-hybridized carbons (Fsp3) is 0.167. The van der Waals surface area contributed by atoms with Gasteiger partial charge < -0.3 is 29.4 Å². The predicted molar refractivity (Wildman–Crippen MR) is 140 cm³/mol. The molecule has 0 saturated carbocycles. The zero-order valence-electron chi connectivity index (χ0n) is 20.4. The van der Waals surface area contributed by atoms with Crippen LogP contribution >= 0.6 is 0 Å². The second-order valence-electron chi connectivity index (χ2n) is 9.86. The fourth-order valence-corrected chi connectivity index (χ4v) is 10.6. The van der Waals surface area contributed by atoms with Crippen LogP contribution in [0.2, 0.25) is 13.1 Å². The van der Waals surface area contributed by atoms with E-state index in [2.05, 4.69) is 123 Å². The molecule has 1 aliphatic carbocycles. The summed E-state index contributed by atoms with van der Waals surface area (Å²) in [5, 5.41) is 7.13. The summed E-state index contributed by atoms with van der Waals surface area (Å²) in [6.45, 7) is 9.49. The number of benzene rings is 3. The predicted octanol–water partition coefficient (Wildman–Crippen LogP) is 2.17. The topological polar surface area (TPSA) is 4.93 Å². The molecular weight excluding hydrogens is 565 g/mol. The summed E-state index contributed by atoms with van der Waals surface area (Å²) in [7, 11) is -1.17. The SMILES string of the molecule is CC1=C2c3ccn(-c4ccccc4)c3C1[Si]2(C)C.Cc1cc2c(ccc3ccccc32)[cH-]1.[Cl-].[Cl-].[Zr+3]. The van der Waals surface area contributed by atoms with Crippen molar-refractivity contribution in [3.63, 3.8) is 0 Å². The zero-order chi connectivity index (χ0) is 22.0. The van der Waals surface area contributed by atoms with Gasteiger partial charge in [0.15, 0.2) is 0 Å². The fourth-order valence-electron chi connectivity index (χ4n) is 6.25. The van der Waals surface area contributed by atoms with Crippen molar-refractivity contribution in [2.24, 2.45) is 0 Å². The smallest absolute Gasteiger partial charge is 1.00 e. The number of fused-ring (bicyclic) bond motifs is 3. The van der Waals surface area contributed by atoms with Gasteiger partial charge in [0.25, 0.3) is 0 Å². The monoisotopic (exact) mass is 590 g/mol. The summed E-state index contributed by atoms with van der Waals surface area (Å²) in [5.74, 6) is 0. The Morgan fingerprint density at radius 2 is 1.49 bits per heavy atom. The van der Waals surface area contributed by atoms with Crippen molar-refractivity contribution in [1.29, 1.82) is 0 Å². The van der Waals surface area contributed by atoms with E-state index < -0.39 is 8.07 Å². The van der Waals surface area contributed by atoms with Crippen LogP contribution in [0.1, 0.15) is 29.3 Å². The molecule has 1 aromatic heterocycles. The third-order valence-corrected chi connectivity index (χ3v) is 11.6. The number of halogens is 2. The maximum Gasteiger partial charge on any atom is 3.00 e. The summed E-state index contributed by atoms with van der Waals surface area (Å²) in [4.78, 5) is 0. The molecule has 0 saturated heterocycles. The van der Waals surface area contributed by atoms with Gasteiger partial charge in [-0.15, -0.1) is 28.5 Å². The van der Waals surface area contributed by atoms with Crippen LogP contribution < -0.4 is 24.8 Å². The molecule has 1 nitrogen and oxygen atoms in total. The maximum absolute atomic E-state index is 2.51. The Morgan fingerprint density at radius 3 is 2.20 bits per heavy atom. The Balaban J connectivity index is 0.000000185. The first-order valence-corrected chi connectivity index (χ1v) is 14.6. The van der Waals surface area contributed by atoms with E-state index >= 15 is 0 Å². The first-order chi connectivity index (χ1) is 15.5. The minimum atomic E-state index is -1.17. The summed E-state index contributed by atoms with van der Waals surface area (Å²) in [6, 6.07) is 30.5. The van der Waals surface area contributed by atoms with Crippen molar-refractivity contribution in [2.75, 3.05) is 0 Å². The van der Waals surface area contributed by atoms with Gasteiger partial charge in [0.2, 0.25) is 0 Å². The quantitative estimate of drug-likeness (QED) is 0.208. The molecule has 35 heavy (non-hydrogen) atoms. The molecule has 3 aliphatic rings. The number of aromatic nitrogens is 1. The van der Waals surface area contributed by atoms with Gasteiger partial charge in [0, 0.05) is 23.1 Å². The Morgan fingerprint density at radius 1 is 0.800 bits per heavy atom. The van der Waals surface area contributed by atoms with Gasteiger partial charge in [0.05, 0.1) is 8.07 Å².